The second-order valence-electron chi connectivity index (χ2n) is 6.82. The predicted molar refractivity (Wildman–Crippen MR) is 79.6 cm³/mol. The van der Waals surface area contributed by atoms with E-state index in [0.29, 0.717) is 24.2 Å². The van der Waals surface area contributed by atoms with E-state index in [1.165, 1.54) is 18.4 Å². The lowest BCUT2D eigenvalue weighted by atomic mass is 9.77. The Morgan fingerprint density at radius 1 is 1.37 bits per heavy atom. The molecular formula is C15H28ClNO2. The minimum absolute atomic E-state index is 0. The summed E-state index contributed by atoms with van der Waals surface area (Å²) in [5.41, 5.74) is 1.13. The summed E-state index contributed by atoms with van der Waals surface area (Å²) in [6.07, 6.45) is 4.08. The maximum atomic E-state index is 10.8. The lowest BCUT2D eigenvalue weighted by Crippen LogP contribution is -2.48. The summed E-state index contributed by atoms with van der Waals surface area (Å²) in [7, 11) is 0. The Bertz CT molecular complexity index is 373. The van der Waals surface area contributed by atoms with Crippen molar-refractivity contribution >= 4 is 12.4 Å². The zero-order valence-corrected chi connectivity index (χ0v) is 13.1. The Labute approximate surface area is 122 Å². The Kier molecular flexibility index (Phi) is 4.49. The van der Waals surface area contributed by atoms with Crippen molar-refractivity contribution in [2.24, 2.45) is 23.7 Å². The minimum Gasteiger partial charge on any atom is -0.365 e. The average Bonchev–Trinajstić information content (AvgIpc) is 2.65. The van der Waals surface area contributed by atoms with Crippen LogP contribution in [0.1, 0.15) is 46.5 Å². The molecule has 0 aromatic heterocycles. The number of ether oxygens (including phenoxy) is 1. The summed E-state index contributed by atoms with van der Waals surface area (Å²) < 4.78 is 6.25. The highest BCUT2D eigenvalue weighted by molar-refractivity contribution is 5.85. The lowest BCUT2D eigenvalue weighted by molar-refractivity contribution is -0.269. The largest absolute Gasteiger partial charge is 0.365 e. The van der Waals surface area contributed by atoms with Gasteiger partial charge in [0, 0.05) is 18.3 Å². The number of rotatable bonds is 1. The summed E-state index contributed by atoms with van der Waals surface area (Å²) >= 11 is 0. The quantitative estimate of drug-likeness (QED) is 0.724. The molecule has 0 radical (unpaired) electrons. The molecule has 4 N–H and O–H groups in total. The molecule has 112 valence electrons. The van der Waals surface area contributed by atoms with Gasteiger partial charge in [-0.15, -0.1) is 12.4 Å². The molecule has 4 heteroatoms. The summed E-state index contributed by atoms with van der Waals surface area (Å²) in [6, 6.07) is 0. The molecule has 19 heavy (non-hydrogen) atoms. The van der Waals surface area contributed by atoms with Crippen LogP contribution in [0.15, 0.2) is 12.2 Å². The van der Waals surface area contributed by atoms with Gasteiger partial charge in [0.2, 0.25) is 0 Å². The first kappa shape index (κ1) is 17.0. The van der Waals surface area contributed by atoms with Crippen molar-refractivity contribution in [1.29, 1.82) is 0 Å². The van der Waals surface area contributed by atoms with Crippen molar-refractivity contribution in [2.75, 3.05) is 0 Å². The topological polar surface area (TPSA) is 64.5 Å². The number of hydrogen-bond acceptors (Lipinski definition) is 3. The Hall–Kier alpha value is -0.0900. The molecule has 3 fully saturated rings. The molecule has 3 nitrogen and oxygen atoms in total. The van der Waals surface area contributed by atoms with Crippen LogP contribution in [0.25, 0.3) is 0 Å². The van der Waals surface area contributed by atoms with Crippen LogP contribution >= 0.6 is 12.4 Å². The van der Waals surface area contributed by atoms with E-state index >= 15 is 0 Å². The molecule has 0 amide bonds. The first-order valence-electron chi connectivity index (χ1n) is 6.99. The molecular weight excluding hydrogens is 262 g/mol. The third kappa shape index (κ3) is 2.06. The highest BCUT2D eigenvalue weighted by Gasteiger charge is 2.66. The number of aliphatic hydroxyl groups is 1. The molecule has 1 saturated carbocycles. The van der Waals surface area contributed by atoms with Gasteiger partial charge >= 0.3 is 0 Å². The maximum Gasteiger partial charge on any atom is 0.173 e. The van der Waals surface area contributed by atoms with Crippen molar-refractivity contribution in [3.8, 4) is 0 Å². The second-order valence-corrected chi connectivity index (χ2v) is 6.82. The SMILES string of the molecule is C=C1C[C@]2(O)O[C@@]3(C[C@H]2C(C)C)[C@@H](C)CC[C@@H]13.Cl.N. The highest BCUT2D eigenvalue weighted by atomic mass is 35.5. The fourth-order valence-electron chi connectivity index (χ4n) is 4.64. The molecule has 0 aromatic rings. The van der Waals surface area contributed by atoms with Crippen LogP contribution in [-0.4, -0.2) is 16.5 Å². The molecule has 0 unspecified atom stereocenters. The molecule has 3 aliphatic rings. The van der Waals surface area contributed by atoms with Crippen LogP contribution in [0.4, 0.5) is 0 Å². The minimum atomic E-state index is -0.930. The standard InChI is InChI=1S/C15H24O2.ClH.H3N/c1-9(2)13-8-14-11(4)5-6-12(14)10(3)7-15(13,16)17-14;;/h9,11-13,16H,3,5-8H2,1-2,4H3;1H;1H3/t11-,12-,13-,14-,15-;;/m0../s1. The van der Waals surface area contributed by atoms with Gasteiger partial charge in [0.1, 0.15) is 0 Å². The molecule has 2 aliphatic heterocycles. The first-order chi connectivity index (χ1) is 7.89. The molecule has 0 aromatic carbocycles. The van der Waals surface area contributed by atoms with Gasteiger partial charge in [-0.2, -0.15) is 0 Å². The van der Waals surface area contributed by atoms with E-state index in [4.69, 9.17) is 4.74 Å². The van der Waals surface area contributed by atoms with E-state index in [0.717, 1.165) is 6.42 Å². The zero-order chi connectivity index (χ0) is 12.4. The van der Waals surface area contributed by atoms with Gasteiger partial charge in [0.25, 0.3) is 0 Å². The van der Waals surface area contributed by atoms with E-state index in [1.807, 2.05) is 0 Å². The van der Waals surface area contributed by atoms with Gasteiger partial charge in [-0.05, 0) is 31.1 Å². The maximum absolute atomic E-state index is 10.8. The third-order valence-electron chi connectivity index (χ3n) is 5.58. The molecule has 5 atom stereocenters. The number of hydrogen-bond donors (Lipinski definition) is 2. The molecule has 3 rings (SSSR count). The summed E-state index contributed by atoms with van der Waals surface area (Å²) in [4.78, 5) is 0. The Morgan fingerprint density at radius 3 is 2.58 bits per heavy atom. The van der Waals surface area contributed by atoms with Gasteiger partial charge in [-0.3, -0.25) is 0 Å². The molecule has 2 heterocycles. The highest BCUT2D eigenvalue weighted by Crippen LogP contribution is 2.63. The van der Waals surface area contributed by atoms with Crippen LogP contribution in [0.2, 0.25) is 0 Å². The molecule has 2 bridgehead atoms. The van der Waals surface area contributed by atoms with Crippen molar-refractivity contribution in [3.05, 3.63) is 12.2 Å². The van der Waals surface area contributed by atoms with Crippen LogP contribution in [0.5, 0.6) is 0 Å². The number of fused-ring (bicyclic) bond motifs is 1. The van der Waals surface area contributed by atoms with E-state index in [2.05, 4.69) is 27.4 Å². The van der Waals surface area contributed by atoms with Crippen LogP contribution < -0.4 is 6.15 Å². The van der Waals surface area contributed by atoms with Gasteiger partial charge in [-0.25, -0.2) is 0 Å². The van der Waals surface area contributed by atoms with Crippen molar-refractivity contribution in [1.82, 2.24) is 6.15 Å². The van der Waals surface area contributed by atoms with E-state index < -0.39 is 5.79 Å². The van der Waals surface area contributed by atoms with E-state index in [1.54, 1.807) is 0 Å². The van der Waals surface area contributed by atoms with Crippen molar-refractivity contribution < 1.29 is 9.84 Å². The van der Waals surface area contributed by atoms with Crippen molar-refractivity contribution in [3.63, 3.8) is 0 Å². The average molecular weight is 290 g/mol. The number of halogens is 1. The summed E-state index contributed by atoms with van der Waals surface area (Å²) in [6.45, 7) is 10.9. The van der Waals surface area contributed by atoms with Gasteiger partial charge in [0.05, 0.1) is 5.60 Å². The Morgan fingerprint density at radius 2 is 2.00 bits per heavy atom. The fourth-order valence-corrected chi connectivity index (χ4v) is 4.64. The second kappa shape index (κ2) is 5.03. The van der Waals surface area contributed by atoms with Gasteiger partial charge < -0.3 is 16.0 Å². The van der Waals surface area contributed by atoms with E-state index in [-0.39, 0.29) is 30.1 Å². The Balaban J connectivity index is 0.000000902. The fraction of sp³-hybridized carbons (Fsp3) is 0.867. The summed E-state index contributed by atoms with van der Waals surface area (Å²) in [5.74, 6) is 0.852. The van der Waals surface area contributed by atoms with Crippen LogP contribution in [0.3, 0.4) is 0 Å². The molecule has 1 spiro atoms. The zero-order valence-electron chi connectivity index (χ0n) is 12.3. The summed E-state index contributed by atoms with van der Waals surface area (Å²) in [5, 5.41) is 10.8. The third-order valence-corrected chi connectivity index (χ3v) is 5.58. The monoisotopic (exact) mass is 289 g/mol. The van der Waals surface area contributed by atoms with Crippen molar-refractivity contribution in [2.45, 2.75) is 57.8 Å². The molecule has 1 aliphatic carbocycles. The van der Waals surface area contributed by atoms with Crippen LogP contribution in [0, 0.1) is 23.7 Å². The van der Waals surface area contributed by atoms with E-state index in [9.17, 15) is 5.11 Å². The smallest absolute Gasteiger partial charge is 0.173 e. The van der Waals surface area contributed by atoms with Gasteiger partial charge in [-0.1, -0.05) is 32.9 Å². The van der Waals surface area contributed by atoms with Crippen LogP contribution in [-0.2, 0) is 4.74 Å². The normalized spacial score (nSPS) is 47.6. The molecule has 2 saturated heterocycles. The van der Waals surface area contributed by atoms with Gasteiger partial charge in [0.15, 0.2) is 5.79 Å². The lowest BCUT2D eigenvalue weighted by Gasteiger charge is -2.43. The predicted octanol–water partition coefficient (Wildman–Crippen LogP) is 3.70. The first-order valence-corrected chi connectivity index (χ1v) is 6.99.